The van der Waals surface area contributed by atoms with Crippen LogP contribution in [0.25, 0.3) is 0 Å². The Morgan fingerprint density at radius 2 is 1.72 bits per heavy atom. The van der Waals surface area contributed by atoms with Crippen LogP contribution in [0.3, 0.4) is 0 Å². The second-order valence-corrected chi connectivity index (χ2v) is 8.75. The van der Waals surface area contributed by atoms with Gasteiger partial charge in [0, 0.05) is 25.6 Å². The Bertz CT molecular complexity index is 1110. The number of amides is 1. The van der Waals surface area contributed by atoms with E-state index in [9.17, 15) is 13.2 Å². The molecule has 0 fully saturated rings. The van der Waals surface area contributed by atoms with E-state index in [0.29, 0.717) is 30.3 Å². The fourth-order valence-corrected chi connectivity index (χ4v) is 4.19. The summed E-state index contributed by atoms with van der Waals surface area (Å²) < 4.78 is 43.5. The zero-order valence-electron chi connectivity index (χ0n) is 18.0. The molecule has 0 saturated heterocycles. The lowest BCUT2D eigenvalue weighted by Crippen LogP contribution is -2.34. The van der Waals surface area contributed by atoms with Crippen LogP contribution < -0.4 is 14.2 Å². The van der Waals surface area contributed by atoms with E-state index >= 15 is 0 Å². The molecule has 0 radical (unpaired) electrons. The molecule has 0 atom stereocenters. The van der Waals surface area contributed by atoms with Crippen LogP contribution in [0, 0.1) is 0 Å². The number of furan rings is 1. The second-order valence-electron chi connectivity index (χ2n) is 6.98. The van der Waals surface area contributed by atoms with Gasteiger partial charge in [0.15, 0.2) is 11.5 Å². The number of ether oxygens (including phenoxy) is 2. The molecule has 1 aromatic heterocycles. The van der Waals surface area contributed by atoms with Crippen molar-refractivity contribution in [3.8, 4) is 11.5 Å². The molecule has 0 unspecified atom stereocenters. The molecule has 0 bridgehead atoms. The van der Waals surface area contributed by atoms with Gasteiger partial charge in [-0.05, 0) is 29.8 Å². The number of sulfonamides is 1. The Morgan fingerprint density at radius 1 is 0.969 bits per heavy atom. The number of carbonyl (C=O) groups is 1. The van der Waals surface area contributed by atoms with E-state index in [1.165, 1.54) is 32.4 Å². The topological polar surface area (TPSA) is 98.1 Å². The van der Waals surface area contributed by atoms with Gasteiger partial charge in [0.05, 0.1) is 31.9 Å². The van der Waals surface area contributed by atoms with Gasteiger partial charge in [0.2, 0.25) is 15.9 Å². The van der Waals surface area contributed by atoms with Crippen molar-refractivity contribution >= 4 is 15.9 Å². The lowest BCUT2D eigenvalue weighted by molar-refractivity contribution is -0.132. The van der Waals surface area contributed by atoms with E-state index in [-0.39, 0.29) is 23.8 Å². The van der Waals surface area contributed by atoms with E-state index in [4.69, 9.17) is 13.9 Å². The van der Waals surface area contributed by atoms with Crippen LogP contribution in [-0.4, -0.2) is 40.0 Å². The van der Waals surface area contributed by atoms with Gasteiger partial charge >= 0.3 is 0 Å². The van der Waals surface area contributed by atoms with Crippen molar-refractivity contribution in [1.82, 2.24) is 9.62 Å². The molecule has 0 spiro atoms. The first kappa shape index (κ1) is 23.4. The van der Waals surface area contributed by atoms with Crippen LogP contribution in [-0.2, 0) is 27.9 Å². The molecule has 3 aromatic rings. The molecular formula is C23H26N2O6S. The summed E-state index contributed by atoms with van der Waals surface area (Å²) in [5.74, 6) is 1.19. The highest BCUT2D eigenvalue weighted by molar-refractivity contribution is 7.89. The Morgan fingerprint density at radius 3 is 2.38 bits per heavy atom. The fraction of sp³-hybridized carbons (Fsp3) is 0.261. The highest BCUT2D eigenvalue weighted by Crippen LogP contribution is 2.29. The molecule has 1 amide bonds. The van der Waals surface area contributed by atoms with Crippen molar-refractivity contribution < 1.29 is 27.1 Å². The SMILES string of the molecule is COc1ccc(S(=O)(=O)NCCC(=O)N(Cc2ccccc2)Cc2ccco2)cc1OC. The molecule has 0 saturated carbocycles. The van der Waals surface area contributed by atoms with E-state index in [1.807, 2.05) is 30.3 Å². The molecule has 32 heavy (non-hydrogen) atoms. The van der Waals surface area contributed by atoms with E-state index in [2.05, 4.69) is 4.72 Å². The van der Waals surface area contributed by atoms with Crippen LogP contribution in [0.5, 0.6) is 11.5 Å². The summed E-state index contributed by atoms with van der Waals surface area (Å²) in [6.07, 6.45) is 1.55. The van der Waals surface area contributed by atoms with Gasteiger partial charge < -0.3 is 18.8 Å². The van der Waals surface area contributed by atoms with Gasteiger partial charge in [-0.3, -0.25) is 4.79 Å². The first-order valence-corrected chi connectivity index (χ1v) is 11.5. The van der Waals surface area contributed by atoms with Crippen molar-refractivity contribution in [3.05, 3.63) is 78.3 Å². The van der Waals surface area contributed by atoms with Gasteiger partial charge in [0.25, 0.3) is 0 Å². The van der Waals surface area contributed by atoms with Gasteiger partial charge in [0.1, 0.15) is 5.76 Å². The average molecular weight is 459 g/mol. The number of rotatable bonds is 11. The minimum Gasteiger partial charge on any atom is -0.493 e. The molecule has 0 aliphatic rings. The summed E-state index contributed by atoms with van der Waals surface area (Å²) in [7, 11) is -0.920. The molecule has 3 rings (SSSR count). The van der Waals surface area contributed by atoms with Gasteiger partial charge in [-0.15, -0.1) is 0 Å². The smallest absolute Gasteiger partial charge is 0.240 e. The molecule has 9 heteroatoms. The summed E-state index contributed by atoms with van der Waals surface area (Å²) in [5, 5.41) is 0. The number of methoxy groups -OCH3 is 2. The number of benzene rings is 2. The first-order chi connectivity index (χ1) is 15.4. The van der Waals surface area contributed by atoms with E-state index in [1.54, 1.807) is 23.3 Å². The molecule has 170 valence electrons. The van der Waals surface area contributed by atoms with Crippen LogP contribution in [0.15, 0.2) is 76.2 Å². The normalized spacial score (nSPS) is 11.2. The number of carbonyl (C=O) groups excluding carboxylic acids is 1. The fourth-order valence-electron chi connectivity index (χ4n) is 3.14. The zero-order valence-corrected chi connectivity index (χ0v) is 18.8. The number of hydrogen-bond acceptors (Lipinski definition) is 6. The highest BCUT2D eigenvalue weighted by Gasteiger charge is 2.20. The molecule has 0 aliphatic heterocycles. The first-order valence-electron chi connectivity index (χ1n) is 9.98. The Kier molecular flexibility index (Phi) is 7.91. The molecule has 1 heterocycles. The Balaban J connectivity index is 1.64. The summed E-state index contributed by atoms with van der Waals surface area (Å²) in [5.41, 5.74) is 0.971. The van der Waals surface area contributed by atoms with Crippen LogP contribution in [0.4, 0.5) is 0 Å². The average Bonchev–Trinajstić information content (AvgIpc) is 3.31. The maximum absolute atomic E-state index is 12.9. The standard InChI is InChI=1S/C23H26N2O6S/c1-29-21-11-10-20(15-22(21)30-2)32(27,28)24-13-12-23(26)25(17-19-9-6-14-31-19)16-18-7-4-3-5-8-18/h3-11,14-15,24H,12-13,16-17H2,1-2H3. The third kappa shape index (κ3) is 6.12. The van der Waals surface area contributed by atoms with Crippen LogP contribution >= 0.6 is 0 Å². The Labute approximate surface area is 187 Å². The Hall–Kier alpha value is -3.30. The lowest BCUT2D eigenvalue weighted by atomic mass is 10.2. The maximum atomic E-state index is 12.9. The summed E-state index contributed by atoms with van der Waals surface area (Å²) in [6.45, 7) is 0.644. The number of nitrogens with one attached hydrogen (secondary N) is 1. The van der Waals surface area contributed by atoms with Crippen molar-refractivity contribution in [2.24, 2.45) is 0 Å². The van der Waals surface area contributed by atoms with Crippen LogP contribution in [0.2, 0.25) is 0 Å². The highest BCUT2D eigenvalue weighted by atomic mass is 32.2. The molecule has 2 aromatic carbocycles. The maximum Gasteiger partial charge on any atom is 0.240 e. The second kappa shape index (κ2) is 10.8. The number of nitrogens with zero attached hydrogens (tertiary/aromatic N) is 1. The largest absolute Gasteiger partial charge is 0.493 e. The molecule has 1 N–H and O–H groups in total. The van der Waals surface area contributed by atoms with Crippen LogP contribution in [0.1, 0.15) is 17.7 Å². The minimum absolute atomic E-state index is 0.0000613. The van der Waals surface area contributed by atoms with Crippen molar-refractivity contribution in [2.45, 2.75) is 24.4 Å². The summed E-state index contributed by atoms with van der Waals surface area (Å²) in [6, 6.07) is 17.5. The van der Waals surface area contributed by atoms with Crippen molar-refractivity contribution in [2.75, 3.05) is 20.8 Å². The third-order valence-electron chi connectivity index (χ3n) is 4.79. The van der Waals surface area contributed by atoms with Gasteiger partial charge in [-0.2, -0.15) is 0 Å². The number of hydrogen-bond donors (Lipinski definition) is 1. The van der Waals surface area contributed by atoms with E-state index < -0.39 is 10.0 Å². The zero-order chi connectivity index (χ0) is 23.0. The monoisotopic (exact) mass is 458 g/mol. The quantitative estimate of drug-likeness (QED) is 0.474. The summed E-state index contributed by atoms with van der Waals surface area (Å²) >= 11 is 0. The van der Waals surface area contributed by atoms with E-state index in [0.717, 1.165) is 5.56 Å². The predicted molar refractivity (Wildman–Crippen MR) is 119 cm³/mol. The van der Waals surface area contributed by atoms with Gasteiger partial charge in [-0.1, -0.05) is 30.3 Å². The molecule has 8 nitrogen and oxygen atoms in total. The molecular weight excluding hydrogens is 432 g/mol. The third-order valence-corrected chi connectivity index (χ3v) is 6.25. The predicted octanol–water partition coefficient (Wildman–Crippen LogP) is 3.19. The minimum atomic E-state index is -3.82. The van der Waals surface area contributed by atoms with Gasteiger partial charge in [-0.25, -0.2) is 13.1 Å². The lowest BCUT2D eigenvalue weighted by Gasteiger charge is -2.22. The summed E-state index contributed by atoms with van der Waals surface area (Å²) in [4.78, 5) is 14.6. The van der Waals surface area contributed by atoms with Crippen molar-refractivity contribution in [3.63, 3.8) is 0 Å². The molecule has 0 aliphatic carbocycles. The van der Waals surface area contributed by atoms with Crippen molar-refractivity contribution in [1.29, 1.82) is 0 Å².